The van der Waals surface area contributed by atoms with E-state index in [9.17, 15) is 4.39 Å². The minimum Gasteiger partial charge on any atom is -0.381 e. The number of hydrogen-bond donors (Lipinski definition) is 1. The summed E-state index contributed by atoms with van der Waals surface area (Å²) in [6, 6.07) is 5.28. The molecule has 20 heavy (non-hydrogen) atoms. The topological polar surface area (TPSA) is 38.5 Å². The van der Waals surface area contributed by atoms with Crippen LogP contribution in [0.2, 0.25) is 0 Å². The maximum Gasteiger partial charge on any atom is 0.146 e. The second kappa shape index (κ2) is 7.04. The van der Waals surface area contributed by atoms with E-state index in [2.05, 4.69) is 0 Å². The molecule has 0 aromatic heterocycles. The van der Waals surface area contributed by atoms with E-state index in [4.69, 9.17) is 10.5 Å². The SMILES string of the molecule is CC(N)Cc1cccc(F)c1N(C)CC1CCCOC1. The van der Waals surface area contributed by atoms with Crippen LogP contribution < -0.4 is 10.6 Å². The second-order valence-electron chi connectivity index (χ2n) is 5.89. The molecular weight excluding hydrogens is 255 g/mol. The fraction of sp³-hybridized carbons (Fsp3) is 0.625. The quantitative estimate of drug-likeness (QED) is 0.901. The maximum absolute atomic E-state index is 14.2. The average Bonchev–Trinajstić information content (AvgIpc) is 2.39. The van der Waals surface area contributed by atoms with E-state index < -0.39 is 0 Å². The molecule has 0 bridgehead atoms. The molecule has 0 radical (unpaired) electrons. The lowest BCUT2D eigenvalue weighted by atomic mass is 10.00. The third kappa shape index (κ3) is 3.93. The lowest BCUT2D eigenvalue weighted by Gasteiger charge is -2.30. The van der Waals surface area contributed by atoms with Crippen LogP contribution in [0.4, 0.5) is 10.1 Å². The van der Waals surface area contributed by atoms with E-state index in [1.807, 2.05) is 24.9 Å². The van der Waals surface area contributed by atoms with Crippen molar-refractivity contribution in [3.05, 3.63) is 29.6 Å². The number of para-hydroxylation sites is 1. The van der Waals surface area contributed by atoms with Crippen LogP contribution in [0.15, 0.2) is 18.2 Å². The summed E-state index contributed by atoms with van der Waals surface area (Å²) in [5, 5.41) is 0. The molecule has 3 nitrogen and oxygen atoms in total. The highest BCUT2D eigenvalue weighted by atomic mass is 19.1. The van der Waals surface area contributed by atoms with Crippen LogP contribution >= 0.6 is 0 Å². The third-order valence-corrected chi connectivity index (χ3v) is 3.78. The number of hydrogen-bond acceptors (Lipinski definition) is 3. The number of rotatable bonds is 5. The van der Waals surface area contributed by atoms with Gasteiger partial charge in [0.25, 0.3) is 0 Å². The Kier molecular flexibility index (Phi) is 5.38. The number of anilines is 1. The van der Waals surface area contributed by atoms with E-state index in [1.165, 1.54) is 6.07 Å². The molecule has 1 aliphatic heterocycles. The summed E-state index contributed by atoms with van der Waals surface area (Å²) in [7, 11) is 1.96. The molecule has 0 saturated carbocycles. The summed E-state index contributed by atoms with van der Waals surface area (Å²) in [6.45, 7) is 4.41. The van der Waals surface area contributed by atoms with Crippen LogP contribution in [0.5, 0.6) is 0 Å². The zero-order valence-electron chi connectivity index (χ0n) is 12.4. The van der Waals surface area contributed by atoms with Gasteiger partial charge in [0, 0.05) is 26.2 Å². The van der Waals surface area contributed by atoms with Crippen LogP contribution in [0.3, 0.4) is 0 Å². The first-order chi connectivity index (χ1) is 9.58. The van der Waals surface area contributed by atoms with Gasteiger partial charge in [-0.25, -0.2) is 4.39 Å². The van der Waals surface area contributed by atoms with Gasteiger partial charge in [-0.1, -0.05) is 12.1 Å². The Bertz CT molecular complexity index is 430. The highest BCUT2D eigenvalue weighted by Crippen LogP contribution is 2.26. The summed E-state index contributed by atoms with van der Waals surface area (Å²) in [5.74, 6) is 0.318. The van der Waals surface area contributed by atoms with E-state index in [0.717, 1.165) is 38.2 Å². The largest absolute Gasteiger partial charge is 0.381 e. The first-order valence-corrected chi connectivity index (χ1v) is 7.39. The van der Waals surface area contributed by atoms with Crippen molar-refractivity contribution in [3.8, 4) is 0 Å². The number of nitrogens with two attached hydrogens (primary N) is 1. The predicted molar refractivity (Wildman–Crippen MR) is 80.6 cm³/mol. The molecule has 2 N–H and O–H groups in total. The Labute approximate surface area is 120 Å². The van der Waals surface area contributed by atoms with E-state index >= 15 is 0 Å². The van der Waals surface area contributed by atoms with Crippen molar-refractivity contribution in [3.63, 3.8) is 0 Å². The molecule has 0 aliphatic carbocycles. The van der Waals surface area contributed by atoms with Gasteiger partial charge >= 0.3 is 0 Å². The Balaban J connectivity index is 2.12. The summed E-state index contributed by atoms with van der Waals surface area (Å²) in [5.41, 5.74) is 7.54. The molecule has 1 heterocycles. The molecule has 2 atom stereocenters. The first-order valence-electron chi connectivity index (χ1n) is 7.39. The van der Waals surface area contributed by atoms with Crippen molar-refractivity contribution in [2.24, 2.45) is 11.7 Å². The molecule has 2 rings (SSSR count). The average molecular weight is 280 g/mol. The van der Waals surface area contributed by atoms with E-state index in [-0.39, 0.29) is 11.9 Å². The molecule has 1 saturated heterocycles. The standard InChI is InChI=1S/C16H25FN2O/c1-12(18)9-14-6-3-7-15(17)16(14)19(2)10-13-5-4-8-20-11-13/h3,6-7,12-13H,4-5,8-11,18H2,1-2H3. The van der Waals surface area contributed by atoms with Crippen molar-refractivity contribution < 1.29 is 9.13 Å². The van der Waals surface area contributed by atoms with Gasteiger partial charge in [0.05, 0.1) is 12.3 Å². The number of nitrogens with zero attached hydrogens (tertiary/aromatic N) is 1. The lowest BCUT2D eigenvalue weighted by molar-refractivity contribution is 0.0576. The molecule has 112 valence electrons. The molecule has 1 aliphatic rings. The minimum atomic E-state index is -0.164. The molecule has 4 heteroatoms. The monoisotopic (exact) mass is 280 g/mol. The zero-order chi connectivity index (χ0) is 14.5. The molecule has 2 unspecified atom stereocenters. The molecule has 1 aromatic rings. The minimum absolute atomic E-state index is 0.0296. The Morgan fingerprint density at radius 2 is 2.30 bits per heavy atom. The van der Waals surface area contributed by atoms with Crippen molar-refractivity contribution >= 4 is 5.69 Å². The molecule has 1 fully saturated rings. The lowest BCUT2D eigenvalue weighted by Crippen LogP contribution is -2.32. The molecular formula is C16H25FN2O. The van der Waals surface area contributed by atoms with Crippen molar-refractivity contribution in [1.29, 1.82) is 0 Å². The molecule has 1 aromatic carbocycles. The Morgan fingerprint density at radius 1 is 1.50 bits per heavy atom. The smallest absolute Gasteiger partial charge is 0.146 e. The van der Waals surface area contributed by atoms with Gasteiger partial charge in [0.15, 0.2) is 0 Å². The van der Waals surface area contributed by atoms with Gasteiger partial charge in [-0.2, -0.15) is 0 Å². The summed E-state index contributed by atoms with van der Waals surface area (Å²) >= 11 is 0. The Hall–Kier alpha value is -1.13. The van der Waals surface area contributed by atoms with Crippen molar-refractivity contribution in [1.82, 2.24) is 0 Å². The van der Waals surface area contributed by atoms with Gasteiger partial charge in [-0.15, -0.1) is 0 Å². The summed E-state index contributed by atoms with van der Waals surface area (Å²) in [6.07, 6.45) is 2.95. The number of ether oxygens (including phenoxy) is 1. The van der Waals surface area contributed by atoms with Crippen LogP contribution in [-0.4, -0.2) is 32.8 Å². The fourth-order valence-electron chi connectivity index (χ4n) is 2.93. The third-order valence-electron chi connectivity index (χ3n) is 3.78. The number of benzene rings is 1. The van der Waals surface area contributed by atoms with E-state index in [1.54, 1.807) is 6.07 Å². The zero-order valence-corrected chi connectivity index (χ0v) is 12.4. The number of halogens is 1. The molecule has 0 amide bonds. The van der Waals surface area contributed by atoms with E-state index in [0.29, 0.717) is 18.0 Å². The van der Waals surface area contributed by atoms with Gasteiger partial charge in [-0.3, -0.25) is 0 Å². The highest BCUT2D eigenvalue weighted by Gasteiger charge is 2.20. The maximum atomic E-state index is 14.2. The van der Waals surface area contributed by atoms with Gasteiger partial charge in [0.2, 0.25) is 0 Å². The van der Waals surface area contributed by atoms with Gasteiger partial charge in [-0.05, 0) is 43.7 Å². The van der Waals surface area contributed by atoms with Crippen molar-refractivity contribution in [2.75, 3.05) is 31.7 Å². The second-order valence-corrected chi connectivity index (χ2v) is 5.89. The van der Waals surface area contributed by atoms with Crippen LogP contribution in [-0.2, 0) is 11.2 Å². The highest BCUT2D eigenvalue weighted by molar-refractivity contribution is 5.54. The molecule has 0 spiro atoms. The van der Waals surface area contributed by atoms with Crippen LogP contribution in [0.1, 0.15) is 25.3 Å². The first kappa shape index (κ1) is 15.3. The van der Waals surface area contributed by atoms with Gasteiger partial charge in [0.1, 0.15) is 5.82 Å². The summed E-state index contributed by atoms with van der Waals surface area (Å²) in [4.78, 5) is 2.02. The van der Waals surface area contributed by atoms with Crippen molar-refractivity contribution in [2.45, 2.75) is 32.2 Å². The Morgan fingerprint density at radius 3 is 2.95 bits per heavy atom. The van der Waals surface area contributed by atoms with Crippen LogP contribution in [0, 0.1) is 11.7 Å². The van der Waals surface area contributed by atoms with Gasteiger partial charge < -0.3 is 15.4 Å². The predicted octanol–water partition coefficient (Wildman–Crippen LogP) is 2.58. The fourth-order valence-corrected chi connectivity index (χ4v) is 2.93. The van der Waals surface area contributed by atoms with Crippen LogP contribution in [0.25, 0.3) is 0 Å². The normalized spacial score (nSPS) is 20.7. The summed E-state index contributed by atoms with van der Waals surface area (Å²) < 4.78 is 19.7.